The summed E-state index contributed by atoms with van der Waals surface area (Å²) in [6, 6.07) is 5.67. The Kier molecular flexibility index (Phi) is 3.19. The third-order valence-corrected chi connectivity index (χ3v) is 2.72. The average Bonchev–Trinajstić information content (AvgIpc) is 2.66. The van der Waals surface area contributed by atoms with Gasteiger partial charge in [-0.15, -0.1) is 0 Å². The summed E-state index contributed by atoms with van der Waals surface area (Å²) >= 11 is 0. The Balaban J connectivity index is 2.24. The fourth-order valence-electron chi connectivity index (χ4n) is 1.58. The minimum absolute atomic E-state index is 0.0402. The lowest BCUT2D eigenvalue weighted by Gasteiger charge is -2.18. The standard InChI is InChI=1S/C12H17N3O2/c1-7(2)10(6-16)15-12-14-9-4-3-8(13)5-11(9)17-12/h3-5,7,10,16H,6,13H2,1-2H3,(H,14,15). The molecule has 0 saturated carbocycles. The number of nitrogen functional groups attached to an aromatic ring is 1. The quantitative estimate of drug-likeness (QED) is 0.704. The summed E-state index contributed by atoms with van der Waals surface area (Å²) in [5.41, 5.74) is 7.70. The third-order valence-electron chi connectivity index (χ3n) is 2.72. The van der Waals surface area contributed by atoms with Gasteiger partial charge in [0.1, 0.15) is 5.52 Å². The number of nitrogens with two attached hydrogens (primary N) is 1. The maximum Gasteiger partial charge on any atom is 0.295 e. The molecule has 1 heterocycles. The number of benzene rings is 1. The summed E-state index contributed by atoms with van der Waals surface area (Å²) in [6.45, 7) is 4.08. The Hall–Kier alpha value is -1.75. The number of hydrogen-bond donors (Lipinski definition) is 3. The lowest BCUT2D eigenvalue weighted by Crippen LogP contribution is -2.29. The molecule has 5 nitrogen and oxygen atoms in total. The van der Waals surface area contributed by atoms with Gasteiger partial charge in [0.2, 0.25) is 0 Å². The number of oxazole rings is 1. The summed E-state index contributed by atoms with van der Waals surface area (Å²) < 4.78 is 5.52. The zero-order chi connectivity index (χ0) is 12.4. The number of fused-ring (bicyclic) bond motifs is 1. The first-order chi connectivity index (χ1) is 8.10. The van der Waals surface area contributed by atoms with Crippen molar-refractivity contribution in [2.45, 2.75) is 19.9 Å². The Morgan fingerprint density at radius 3 is 2.88 bits per heavy atom. The van der Waals surface area contributed by atoms with Crippen LogP contribution in [-0.4, -0.2) is 22.7 Å². The van der Waals surface area contributed by atoms with E-state index in [-0.39, 0.29) is 12.6 Å². The SMILES string of the molecule is CC(C)C(CO)Nc1nc2ccc(N)cc2o1. The van der Waals surface area contributed by atoms with Crippen LogP contribution in [0.1, 0.15) is 13.8 Å². The topological polar surface area (TPSA) is 84.3 Å². The minimum atomic E-state index is -0.0691. The van der Waals surface area contributed by atoms with E-state index in [0.717, 1.165) is 5.52 Å². The van der Waals surface area contributed by atoms with E-state index < -0.39 is 0 Å². The van der Waals surface area contributed by atoms with E-state index in [1.807, 2.05) is 19.9 Å². The predicted molar refractivity (Wildman–Crippen MR) is 67.8 cm³/mol. The molecule has 0 amide bonds. The number of rotatable bonds is 4. The van der Waals surface area contributed by atoms with Crippen LogP contribution in [0, 0.1) is 5.92 Å². The van der Waals surface area contributed by atoms with E-state index in [2.05, 4.69) is 10.3 Å². The largest absolute Gasteiger partial charge is 0.423 e. The molecule has 1 unspecified atom stereocenters. The van der Waals surface area contributed by atoms with Gasteiger partial charge in [0.25, 0.3) is 6.01 Å². The van der Waals surface area contributed by atoms with Gasteiger partial charge < -0.3 is 20.6 Å². The highest BCUT2D eigenvalue weighted by Crippen LogP contribution is 2.22. The van der Waals surface area contributed by atoms with Crippen molar-refractivity contribution in [2.24, 2.45) is 5.92 Å². The van der Waals surface area contributed by atoms with Crippen molar-refractivity contribution in [1.29, 1.82) is 0 Å². The number of hydrogen-bond acceptors (Lipinski definition) is 5. The summed E-state index contributed by atoms with van der Waals surface area (Å²) in [4.78, 5) is 4.28. The van der Waals surface area contributed by atoms with Crippen molar-refractivity contribution in [3.8, 4) is 0 Å². The van der Waals surface area contributed by atoms with Gasteiger partial charge >= 0.3 is 0 Å². The van der Waals surface area contributed by atoms with Crippen LogP contribution in [0.4, 0.5) is 11.7 Å². The molecule has 17 heavy (non-hydrogen) atoms. The lowest BCUT2D eigenvalue weighted by molar-refractivity contribution is 0.247. The molecule has 0 spiro atoms. The molecule has 0 aliphatic carbocycles. The molecule has 5 heteroatoms. The number of nitrogens with zero attached hydrogens (tertiary/aromatic N) is 1. The van der Waals surface area contributed by atoms with Gasteiger partial charge in [0.05, 0.1) is 12.6 Å². The first-order valence-electron chi connectivity index (χ1n) is 5.63. The Morgan fingerprint density at radius 1 is 1.47 bits per heavy atom. The van der Waals surface area contributed by atoms with Gasteiger partial charge in [0, 0.05) is 11.8 Å². The van der Waals surface area contributed by atoms with Crippen molar-refractivity contribution >= 4 is 22.8 Å². The van der Waals surface area contributed by atoms with Crippen LogP contribution in [-0.2, 0) is 0 Å². The highest BCUT2D eigenvalue weighted by Gasteiger charge is 2.15. The summed E-state index contributed by atoms with van der Waals surface area (Å²) in [5, 5.41) is 12.3. The normalized spacial score (nSPS) is 13.2. The van der Waals surface area contributed by atoms with Gasteiger partial charge in [-0.25, -0.2) is 0 Å². The molecule has 1 atom stereocenters. The van der Waals surface area contributed by atoms with Crippen LogP contribution >= 0.6 is 0 Å². The predicted octanol–water partition coefficient (Wildman–Crippen LogP) is 1.84. The Morgan fingerprint density at radius 2 is 2.24 bits per heavy atom. The minimum Gasteiger partial charge on any atom is -0.423 e. The molecule has 0 bridgehead atoms. The van der Waals surface area contributed by atoms with Crippen molar-refractivity contribution in [1.82, 2.24) is 4.98 Å². The van der Waals surface area contributed by atoms with Crippen LogP contribution in [0.5, 0.6) is 0 Å². The maximum atomic E-state index is 9.22. The number of anilines is 2. The summed E-state index contributed by atoms with van der Waals surface area (Å²) in [7, 11) is 0. The highest BCUT2D eigenvalue weighted by atomic mass is 16.4. The van der Waals surface area contributed by atoms with Crippen LogP contribution < -0.4 is 11.1 Å². The van der Waals surface area contributed by atoms with Gasteiger partial charge in [-0.2, -0.15) is 4.98 Å². The van der Waals surface area contributed by atoms with Gasteiger partial charge in [-0.3, -0.25) is 0 Å². The van der Waals surface area contributed by atoms with Crippen molar-refractivity contribution in [3.63, 3.8) is 0 Å². The number of aromatic nitrogens is 1. The molecule has 0 aliphatic rings. The Bertz CT molecular complexity index is 507. The van der Waals surface area contributed by atoms with Crippen LogP contribution in [0.2, 0.25) is 0 Å². The molecular formula is C12H17N3O2. The average molecular weight is 235 g/mol. The first-order valence-corrected chi connectivity index (χ1v) is 5.63. The number of nitrogens with one attached hydrogen (secondary N) is 1. The Labute approximate surface area is 99.6 Å². The van der Waals surface area contributed by atoms with E-state index in [4.69, 9.17) is 10.2 Å². The molecule has 2 aromatic rings. The molecule has 1 aromatic carbocycles. The van der Waals surface area contributed by atoms with Gasteiger partial charge in [0.15, 0.2) is 5.58 Å². The molecule has 0 radical (unpaired) electrons. The second-order valence-electron chi connectivity index (χ2n) is 4.42. The molecule has 2 rings (SSSR count). The van der Waals surface area contributed by atoms with Crippen molar-refractivity contribution in [3.05, 3.63) is 18.2 Å². The van der Waals surface area contributed by atoms with Crippen LogP contribution in [0.25, 0.3) is 11.1 Å². The molecule has 0 saturated heterocycles. The van der Waals surface area contributed by atoms with Crippen molar-refractivity contribution < 1.29 is 9.52 Å². The smallest absolute Gasteiger partial charge is 0.295 e. The van der Waals surface area contributed by atoms with E-state index in [9.17, 15) is 5.11 Å². The third kappa shape index (κ3) is 2.50. The molecular weight excluding hydrogens is 218 g/mol. The fraction of sp³-hybridized carbons (Fsp3) is 0.417. The molecule has 0 aliphatic heterocycles. The highest BCUT2D eigenvalue weighted by molar-refractivity contribution is 5.78. The lowest BCUT2D eigenvalue weighted by atomic mass is 10.1. The number of aliphatic hydroxyl groups is 1. The second-order valence-corrected chi connectivity index (χ2v) is 4.42. The van der Waals surface area contributed by atoms with E-state index in [0.29, 0.717) is 23.2 Å². The van der Waals surface area contributed by atoms with Crippen molar-refractivity contribution in [2.75, 3.05) is 17.7 Å². The molecule has 1 aromatic heterocycles. The van der Waals surface area contributed by atoms with E-state index >= 15 is 0 Å². The van der Waals surface area contributed by atoms with Gasteiger partial charge in [-0.1, -0.05) is 13.8 Å². The zero-order valence-electron chi connectivity index (χ0n) is 9.97. The first kappa shape index (κ1) is 11.7. The fourth-order valence-corrected chi connectivity index (χ4v) is 1.58. The molecule has 4 N–H and O–H groups in total. The molecule has 92 valence electrons. The van der Waals surface area contributed by atoms with E-state index in [1.54, 1.807) is 12.1 Å². The summed E-state index contributed by atoms with van der Waals surface area (Å²) in [6.07, 6.45) is 0. The van der Waals surface area contributed by atoms with Crippen LogP contribution in [0.3, 0.4) is 0 Å². The van der Waals surface area contributed by atoms with Crippen LogP contribution in [0.15, 0.2) is 22.6 Å². The van der Waals surface area contributed by atoms with Gasteiger partial charge in [-0.05, 0) is 18.1 Å². The number of aliphatic hydroxyl groups excluding tert-OH is 1. The summed E-state index contributed by atoms with van der Waals surface area (Å²) in [5.74, 6) is 0.292. The van der Waals surface area contributed by atoms with E-state index in [1.165, 1.54) is 0 Å². The second kappa shape index (κ2) is 4.63. The maximum absolute atomic E-state index is 9.22. The zero-order valence-corrected chi connectivity index (χ0v) is 9.97. The molecule has 0 fully saturated rings. The monoisotopic (exact) mass is 235 g/mol.